The minimum Gasteiger partial charge on any atom is -0.383 e. The van der Waals surface area contributed by atoms with E-state index in [1.165, 1.54) is 6.08 Å². The summed E-state index contributed by atoms with van der Waals surface area (Å²) in [5.41, 5.74) is 14.6. The molecule has 0 bridgehead atoms. The van der Waals surface area contributed by atoms with Gasteiger partial charge >= 0.3 is 0 Å². The van der Waals surface area contributed by atoms with Gasteiger partial charge in [-0.15, -0.1) is 0 Å². The maximum atomic E-state index is 12.1. The average molecular weight is 409 g/mol. The number of nitrogens with zero attached hydrogens (tertiary/aromatic N) is 3. The summed E-state index contributed by atoms with van der Waals surface area (Å²) in [5, 5.41) is 4.69. The summed E-state index contributed by atoms with van der Waals surface area (Å²) in [6.45, 7) is 5.56. The number of anilines is 1. The van der Waals surface area contributed by atoms with E-state index >= 15 is 0 Å². The Bertz CT molecular complexity index is 989. The van der Waals surface area contributed by atoms with Gasteiger partial charge in [0.25, 0.3) is 5.91 Å². The summed E-state index contributed by atoms with van der Waals surface area (Å²) >= 11 is 0. The number of likely N-dealkylation sites (tertiary alicyclic amines) is 1. The lowest BCUT2D eigenvalue weighted by Gasteiger charge is -2.45. The number of rotatable bonds is 6. The third-order valence-electron chi connectivity index (χ3n) is 6.34. The number of carbonyl (C=O) groups is 2. The standard InChI is InChI=1S/C22H27N5O3/c1-3-17(28)26-9-8-22(13-26)10-16(11-22)27-20(23)18(21(24)29)19(25-27)15-6-4-14(5-7-15)12-30-2/h3-7,16H,1,8-13,23H2,2H3,(H2,24,29). The second kappa shape index (κ2) is 7.60. The van der Waals surface area contributed by atoms with E-state index in [1.807, 2.05) is 29.2 Å². The predicted molar refractivity (Wildman–Crippen MR) is 113 cm³/mol. The van der Waals surface area contributed by atoms with Crippen LogP contribution in [0.25, 0.3) is 11.3 Å². The fourth-order valence-electron chi connectivity index (χ4n) is 4.79. The van der Waals surface area contributed by atoms with Gasteiger partial charge in [-0.3, -0.25) is 9.59 Å². The Balaban J connectivity index is 1.57. The van der Waals surface area contributed by atoms with E-state index in [9.17, 15) is 9.59 Å². The summed E-state index contributed by atoms with van der Waals surface area (Å²) < 4.78 is 6.88. The fourth-order valence-corrected chi connectivity index (χ4v) is 4.79. The van der Waals surface area contributed by atoms with Crippen LogP contribution in [0, 0.1) is 5.41 Å². The molecule has 4 N–H and O–H groups in total. The van der Waals surface area contributed by atoms with Gasteiger partial charge in [-0.2, -0.15) is 5.10 Å². The third kappa shape index (κ3) is 3.37. The number of primary amides is 1. The predicted octanol–water partition coefficient (Wildman–Crippen LogP) is 2.12. The van der Waals surface area contributed by atoms with Gasteiger partial charge < -0.3 is 21.1 Å². The molecule has 0 radical (unpaired) electrons. The monoisotopic (exact) mass is 409 g/mol. The number of benzene rings is 1. The highest BCUT2D eigenvalue weighted by Crippen LogP contribution is 2.54. The van der Waals surface area contributed by atoms with Gasteiger partial charge in [-0.05, 0) is 36.3 Å². The van der Waals surface area contributed by atoms with Crippen molar-refractivity contribution in [1.82, 2.24) is 14.7 Å². The van der Waals surface area contributed by atoms with Gasteiger partial charge in [0.1, 0.15) is 17.1 Å². The first-order valence-corrected chi connectivity index (χ1v) is 10.0. The second-order valence-electron chi connectivity index (χ2n) is 8.32. The summed E-state index contributed by atoms with van der Waals surface area (Å²) in [7, 11) is 1.64. The Morgan fingerprint density at radius 1 is 1.33 bits per heavy atom. The van der Waals surface area contributed by atoms with Crippen molar-refractivity contribution in [3.8, 4) is 11.3 Å². The lowest BCUT2D eigenvalue weighted by molar-refractivity contribution is -0.125. The molecule has 1 aliphatic carbocycles. The number of nitrogen functional groups attached to an aromatic ring is 1. The number of hydrogen-bond donors (Lipinski definition) is 2. The molecular weight excluding hydrogens is 382 g/mol. The first-order chi connectivity index (χ1) is 14.4. The maximum absolute atomic E-state index is 12.1. The number of carbonyl (C=O) groups excluding carboxylic acids is 2. The SMILES string of the molecule is C=CC(=O)N1CCC2(CC(n3nc(-c4ccc(COC)cc4)c(C(N)=O)c3N)C2)C1. The molecule has 2 aromatic rings. The van der Waals surface area contributed by atoms with Gasteiger partial charge in [-0.1, -0.05) is 30.8 Å². The van der Waals surface area contributed by atoms with E-state index in [0.29, 0.717) is 18.1 Å². The molecule has 8 nitrogen and oxygen atoms in total. The molecule has 1 saturated heterocycles. The van der Waals surface area contributed by atoms with Gasteiger partial charge in [0.15, 0.2) is 0 Å². The summed E-state index contributed by atoms with van der Waals surface area (Å²) in [6, 6.07) is 7.74. The van der Waals surface area contributed by atoms with E-state index < -0.39 is 5.91 Å². The van der Waals surface area contributed by atoms with E-state index in [2.05, 4.69) is 11.7 Å². The molecule has 2 amide bonds. The van der Waals surface area contributed by atoms with Crippen molar-refractivity contribution in [1.29, 1.82) is 0 Å². The van der Waals surface area contributed by atoms with Crippen LogP contribution in [-0.4, -0.2) is 46.7 Å². The maximum Gasteiger partial charge on any atom is 0.254 e. The summed E-state index contributed by atoms with van der Waals surface area (Å²) in [6.07, 6.45) is 4.05. The van der Waals surface area contributed by atoms with Crippen LogP contribution in [0.4, 0.5) is 5.82 Å². The van der Waals surface area contributed by atoms with Crippen molar-refractivity contribution in [2.24, 2.45) is 11.1 Å². The molecule has 30 heavy (non-hydrogen) atoms. The number of methoxy groups -OCH3 is 1. The molecule has 2 aliphatic rings. The summed E-state index contributed by atoms with van der Waals surface area (Å²) in [5.74, 6) is -0.313. The lowest BCUT2D eigenvalue weighted by atomic mass is 9.65. The quantitative estimate of drug-likeness (QED) is 0.709. The van der Waals surface area contributed by atoms with Crippen LogP contribution in [-0.2, 0) is 16.1 Å². The van der Waals surface area contributed by atoms with Crippen molar-refractivity contribution in [3.05, 3.63) is 48.0 Å². The second-order valence-corrected chi connectivity index (χ2v) is 8.32. The Kier molecular flexibility index (Phi) is 5.11. The number of hydrogen-bond acceptors (Lipinski definition) is 5. The molecule has 2 fully saturated rings. The molecule has 1 spiro atoms. The Morgan fingerprint density at radius 2 is 2.03 bits per heavy atom. The normalized spacial score (nSPS) is 22.8. The molecular formula is C22H27N5O3. The minimum atomic E-state index is -0.590. The number of ether oxygens (including phenoxy) is 1. The minimum absolute atomic E-state index is 0.0239. The highest BCUT2D eigenvalue weighted by Gasteiger charge is 2.50. The topological polar surface area (TPSA) is 116 Å². The third-order valence-corrected chi connectivity index (χ3v) is 6.34. The zero-order chi connectivity index (χ0) is 21.5. The van der Waals surface area contributed by atoms with Crippen LogP contribution in [0.3, 0.4) is 0 Å². The van der Waals surface area contributed by atoms with Crippen molar-refractivity contribution in [2.45, 2.75) is 31.9 Å². The van der Waals surface area contributed by atoms with E-state index in [0.717, 1.165) is 43.5 Å². The van der Waals surface area contributed by atoms with Crippen molar-refractivity contribution >= 4 is 17.6 Å². The average Bonchev–Trinajstić information content (AvgIpc) is 3.29. The molecule has 4 rings (SSSR count). The molecule has 0 atom stereocenters. The van der Waals surface area contributed by atoms with Gasteiger partial charge in [-0.25, -0.2) is 4.68 Å². The smallest absolute Gasteiger partial charge is 0.254 e. The first kappa shape index (κ1) is 20.2. The molecule has 1 aromatic carbocycles. The van der Waals surface area contributed by atoms with Gasteiger partial charge in [0.05, 0.1) is 12.6 Å². The highest BCUT2D eigenvalue weighted by molar-refractivity contribution is 6.03. The van der Waals surface area contributed by atoms with Gasteiger partial charge in [0.2, 0.25) is 5.91 Å². The summed E-state index contributed by atoms with van der Waals surface area (Å²) in [4.78, 5) is 25.9. The zero-order valence-electron chi connectivity index (χ0n) is 17.1. The van der Waals surface area contributed by atoms with Crippen molar-refractivity contribution in [3.63, 3.8) is 0 Å². The van der Waals surface area contributed by atoms with Crippen LogP contribution in [0.2, 0.25) is 0 Å². The van der Waals surface area contributed by atoms with Crippen molar-refractivity contribution < 1.29 is 14.3 Å². The van der Waals surface area contributed by atoms with Crippen LogP contribution in [0.1, 0.15) is 41.2 Å². The molecule has 1 aromatic heterocycles. The van der Waals surface area contributed by atoms with Crippen LogP contribution >= 0.6 is 0 Å². The first-order valence-electron chi connectivity index (χ1n) is 10.0. The van der Waals surface area contributed by atoms with Crippen LogP contribution < -0.4 is 11.5 Å². The van der Waals surface area contributed by atoms with E-state index in [-0.39, 0.29) is 22.9 Å². The van der Waals surface area contributed by atoms with Crippen LogP contribution in [0.15, 0.2) is 36.9 Å². The fraction of sp³-hybridized carbons (Fsp3) is 0.409. The zero-order valence-corrected chi connectivity index (χ0v) is 17.1. The van der Waals surface area contributed by atoms with Gasteiger partial charge in [0, 0.05) is 25.8 Å². The largest absolute Gasteiger partial charge is 0.383 e. The molecule has 1 aliphatic heterocycles. The lowest BCUT2D eigenvalue weighted by Crippen LogP contribution is -2.42. The Labute approximate surface area is 175 Å². The number of amides is 2. The van der Waals surface area contributed by atoms with Crippen LogP contribution in [0.5, 0.6) is 0 Å². The molecule has 8 heteroatoms. The number of aromatic nitrogens is 2. The van der Waals surface area contributed by atoms with E-state index in [1.54, 1.807) is 11.8 Å². The Morgan fingerprint density at radius 3 is 2.63 bits per heavy atom. The Hall–Kier alpha value is -3.13. The number of nitrogens with two attached hydrogens (primary N) is 2. The van der Waals surface area contributed by atoms with E-state index in [4.69, 9.17) is 16.2 Å². The molecule has 2 heterocycles. The molecule has 158 valence electrons. The molecule has 0 unspecified atom stereocenters. The van der Waals surface area contributed by atoms with Crippen molar-refractivity contribution in [2.75, 3.05) is 25.9 Å². The highest BCUT2D eigenvalue weighted by atomic mass is 16.5. The molecule has 1 saturated carbocycles.